The summed E-state index contributed by atoms with van der Waals surface area (Å²) in [5.41, 5.74) is 2.85. The molecular weight excluding hydrogens is 348 g/mol. The molecule has 1 saturated heterocycles. The number of hydrogen-bond donors (Lipinski definition) is 1. The van der Waals surface area contributed by atoms with Crippen LogP contribution in [0.3, 0.4) is 0 Å². The van der Waals surface area contributed by atoms with Crippen LogP contribution in [0.5, 0.6) is 0 Å². The van der Waals surface area contributed by atoms with Crippen LogP contribution in [0.2, 0.25) is 5.02 Å². The van der Waals surface area contributed by atoms with Gasteiger partial charge in [-0.1, -0.05) is 54.1 Å². The molecule has 26 heavy (non-hydrogen) atoms. The number of aliphatic hydroxyl groups is 1. The lowest BCUT2D eigenvalue weighted by atomic mass is 10.0. The summed E-state index contributed by atoms with van der Waals surface area (Å²) in [5, 5.41) is 10.9. The first-order valence-corrected chi connectivity index (χ1v) is 9.13. The second kappa shape index (κ2) is 7.06. The van der Waals surface area contributed by atoms with Crippen molar-refractivity contribution in [3.8, 4) is 11.3 Å². The van der Waals surface area contributed by atoms with Crippen LogP contribution < -0.4 is 0 Å². The highest BCUT2D eigenvalue weighted by atomic mass is 35.5. The predicted octanol–water partition coefficient (Wildman–Crippen LogP) is 4.15. The molecule has 4 nitrogen and oxygen atoms in total. The van der Waals surface area contributed by atoms with Crippen molar-refractivity contribution in [1.82, 2.24) is 9.88 Å². The maximum absolute atomic E-state index is 13.3. The van der Waals surface area contributed by atoms with E-state index >= 15 is 0 Å². The van der Waals surface area contributed by atoms with Crippen molar-refractivity contribution in [3.05, 3.63) is 65.2 Å². The van der Waals surface area contributed by atoms with Crippen molar-refractivity contribution < 1.29 is 9.90 Å². The lowest BCUT2D eigenvalue weighted by molar-refractivity contribution is 0.0679. The zero-order valence-corrected chi connectivity index (χ0v) is 15.0. The van der Waals surface area contributed by atoms with E-state index in [2.05, 4.69) is 0 Å². The fraction of sp³-hybridized carbons (Fsp3) is 0.238. The van der Waals surface area contributed by atoms with Gasteiger partial charge in [0.25, 0.3) is 5.91 Å². The molecule has 3 aromatic rings. The van der Waals surface area contributed by atoms with Crippen molar-refractivity contribution in [2.24, 2.45) is 0 Å². The average molecular weight is 367 g/mol. The smallest absolute Gasteiger partial charge is 0.254 e. The molecule has 0 bridgehead atoms. The molecule has 1 fully saturated rings. The molecule has 0 saturated carbocycles. The molecule has 0 aliphatic carbocycles. The van der Waals surface area contributed by atoms with Crippen LogP contribution in [0.4, 0.5) is 0 Å². The van der Waals surface area contributed by atoms with Gasteiger partial charge in [0.1, 0.15) is 0 Å². The topological polar surface area (TPSA) is 53.4 Å². The fourth-order valence-corrected chi connectivity index (χ4v) is 3.81. The SMILES string of the molecule is O=C(c1cc(-c2ccccc2)nc2c(Cl)cccc12)N1CCC[C@@H]1CO. The summed E-state index contributed by atoms with van der Waals surface area (Å²) in [6.07, 6.45) is 1.74. The third kappa shape index (κ3) is 2.96. The van der Waals surface area contributed by atoms with E-state index in [1.165, 1.54) is 0 Å². The number of para-hydroxylation sites is 1. The third-order valence-electron chi connectivity index (χ3n) is 4.94. The highest BCUT2D eigenvalue weighted by Crippen LogP contribution is 2.31. The van der Waals surface area contributed by atoms with Crippen molar-refractivity contribution in [1.29, 1.82) is 0 Å². The van der Waals surface area contributed by atoms with Gasteiger partial charge in [-0.05, 0) is 25.0 Å². The Hall–Kier alpha value is -2.43. The Morgan fingerprint density at radius 2 is 2.00 bits per heavy atom. The molecule has 1 amide bonds. The number of aromatic nitrogens is 1. The van der Waals surface area contributed by atoms with Crippen LogP contribution >= 0.6 is 11.6 Å². The van der Waals surface area contributed by atoms with E-state index in [9.17, 15) is 9.90 Å². The van der Waals surface area contributed by atoms with Gasteiger partial charge in [0, 0.05) is 17.5 Å². The van der Waals surface area contributed by atoms with Gasteiger partial charge in [0.05, 0.1) is 34.4 Å². The quantitative estimate of drug-likeness (QED) is 0.757. The van der Waals surface area contributed by atoms with E-state index in [1.807, 2.05) is 48.5 Å². The zero-order valence-electron chi connectivity index (χ0n) is 14.2. The molecule has 1 aromatic heterocycles. The van der Waals surface area contributed by atoms with Crippen LogP contribution in [0.1, 0.15) is 23.2 Å². The number of nitrogens with zero attached hydrogens (tertiary/aromatic N) is 2. The minimum absolute atomic E-state index is 0.0128. The lowest BCUT2D eigenvalue weighted by Gasteiger charge is -2.24. The largest absolute Gasteiger partial charge is 0.394 e. The summed E-state index contributed by atoms with van der Waals surface area (Å²) in [7, 11) is 0. The first-order valence-electron chi connectivity index (χ1n) is 8.75. The predicted molar refractivity (Wildman–Crippen MR) is 103 cm³/mol. The van der Waals surface area contributed by atoms with Crippen molar-refractivity contribution in [3.63, 3.8) is 0 Å². The van der Waals surface area contributed by atoms with E-state index in [4.69, 9.17) is 16.6 Å². The van der Waals surface area contributed by atoms with Crippen molar-refractivity contribution in [2.75, 3.05) is 13.2 Å². The van der Waals surface area contributed by atoms with Gasteiger partial charge >= 0.3 is 0 Å². The van der Waals surface area contributed by atoms with Crippen molar-refractivity contribution in [2.45, 2.75) is 18.9 Å². The zero-order chi connectivity index (χ0) is 18.1. The number of hydrogen-bond acceptors (Lipinski definition) is 3. The molecule has 132 valence electrons. The number of benzene rings is 2. The Bertz CT molecular complexity index is 959. The Labute approximate surface area is 157 Å². The molecule has 1 atom stereocenters. The number of halogens is 1. The van der Waals surface area contributed by atoms with Gasteiger partial charge in [-0.2, -0.15) is 0 Å². The highest BCUT2D eigenvalue weighted by molar-refractivity contribution is 6.35. The Morgan fingerprint density at radius 3 is 2.77 bits per heavy atom. The van der Waals surface area contributed by atoms with Gasteiger partial charge in [-0.3, -0.25) is 4.79 Å². The summed E-state index contributed by atoms with van der Waals surface area (Å²) in [4.78, 5) is 19.7. The van der Waals surface area contributed by atoms with Gasteiger partial charge in [-0.25, -0.2) is 4.98 Å². The van der Waals surface area contributed by atoms with Gasteiger partial charge < -0.3 is 10.0 Å². The van der Waals surface area contributed by atoms with E-state index in [0.717, 1.165) is 23.8 Å². The van der Waals surface area contributed by atoms with E-state index in [-0.39, 0.29) is 18.6 Å². The summed E-state index contributed by atoms with van der Waals surface area (Å²) in [6.45, 7) is 0.649. The molecule has 1 aliphatic heterocycles. The molecule has 0 spiro atoms. The van der Waals surface area contributed by atoms with E-state index < -0.39 is 0 Å². The number of aliphatic hydroxyl groups excluding tert-OH is 1. The average Bonchev–Trinajstić information content (AvgIpc) is 3.16. The second-order valence-electron chi connectivity index (χ2n) is 6.53. The molecule has 0 radical (unpaired) electrons. The molecule has 4 rings (SSSR count). The van der Waals surface area contributed by atoms with Crippen LogP contribution in [-0.2, 0) is 0 Å². The first kappa shape index (κ1) is 17.0. The fourth-order valence-electron chi connectivity index (χ4n) is 3.59. The second-order valence-corrected chi connectivity index (χ2v) is 6.94. The molecule has 1 N–H and O–H groups in total. The first-order chi connectivity index (χ1) is 12.7. The third-order valence-corrected chi connectivity index (χ3v) is 5.24. The number of carbonyl (C=O) groups excluding carboxylic acids is 1. The van der Waals surface area contributed by atoms with Crippen LogP contribution in [0, 0.1) is 0 Å². The number of pyridine rings is 1. The molecule has 2 aromatic carbocycles. The number of likely N-dealkylation sites (tertiary alicyclic amines) is 1. The Balaban J connectivity index is 1.90. The highest BCUT2D eigenvalue weighted by Gasteiger charge is 2.30. The maximum atomic E-state index is 13.3. The summed E-state index contributed by atoms with van der Waals surface area (Å²) >= 11 is 6.38. The standard InChI is InChI=1S/C21H19ClN2O2/c22-18-10-4-9-16-17(21(26)24-11-5-8-15(24)13-25)12-19(23-20(16)18)14-6-2-1-3-7-14/h1-4,6-7,9-10,12,15,25H,5,8,11,13H2/t15-/m1/s1. The van der Waals surface area contributed by atoms with Crippen molar-refractivity contribution >= 4 is 28.4 Å². The van der Waals surface area contributed by atoms with Gasteiger partial charge in [-0.15, -0.1) is 0 Å². The molecule has 5 heteroatoms. The summed E-state index contributed by atoms with van der Waals surface area (Å²) < 4.78 is 0. The minimum Gasteiger partial charge on any atom is -0.394 e. The number of carbonyl (C=O) groups is 1. The van der Waals surface area contributed by atoms with E-state index in [1.54, 1.807) is 11.0 Å². The number of rotatable bonds is 3. The normalized spacial score (nSPS) is 17.0. The number of amides is 1. The van der Waals surface area contributed by atoms with Crippen LogP contribution in [0.15, 0.2) is 54.6 Å². The van der Waals surface area contributed by atoms with Gasteiger partial charge in [0.2, 0.25) is 0 Å². The van der Waals surface area contributed by atoms with Crippen LogP contribution in [-0.4, -0.2) is 40.1 Å². The minimum atomic E-state index is -0.120. The summed E-state index contributed by atoms with van der Waals surface area (Å²) in [6, 6.07) is 17.0. The monoisotopic (exact) mass is 366 g/mol. The van der Waals surface area contributed by atoms with Gasteiger partial charge in [0.15, 0.2) is 0 Å². The maximum Gasteiger partial charge on any atom is 0.254 e. The van der Waals surface area contributed by atoms with Crippen LogP contribution in [0.25, 0.3) is 22.2 Å². The number of fused-ring (bicyclic) bond motifs is 1. The molecule has 0 unspecified atom stereocenters. The lowest BCUT2D eigenvalue weighted by Crippen LogP contribution is -2.37. The summed E-state index contributed by atoms with van der Waals surface area (Å²) in [5.74, 6) is -0.0756. The Morgan fingerprint density at radius 1 is 1.19 bits per heavy atom. The van der Waals surface area contributed by atoms with E-state index in [0.29, 0.717) is 28.3 Å². The molecular formula is C21H19ClN2O2. The molecule has 2 heterocycles. The Kier molecular flexibility index (Phi) is 4.62. The molecule has 1 aliphatic rings.